The quantitative estimate of drug-likeness (QED) is 0.699. The highest BCUT2D eigenvalue weighted by Gasteiger charge is 2.32. The molecule has 0 radical (unpaired) electrons. The minimum Gasteiger partial charge on any atom is -0.266 e. The molecule has 0 bridgehead atoms. The third kappa shape index (κ3) is 3.63. The van der Waals surface area contributed by atoms with Crippen LogP contribution in [-0.4, -0.2) is 21.7 Å². The van der Waals surface area contributed by atoms with Gasteiger partial charge in [-0.3, -0.25) is 4.79 Å². The average molecular weight is 314 g/mol. The molecule has 110 valence electrons. The molecule has 0 aliphatic rings. The molecule has 1 amide bonds. The van der Waals surface area contributed by atoms with Gasteiger partial charge < -0.3 is 0 Å². The van der Waals surface area contributed by atoms with Gasteiger partial charge in [-0.05, 0) is 24.5 Å². The Balaban J connectivity index is 2.13. The lowest BCUT2D eigenvalue weighted by atomic mass is 10.1. The van der Waals surface area contributed by atoms with Crippen molar-refractivity contribution < 1.29 is 18.0 Å². The molecule has 0 fully saturated rings. The Bertz CT molecular complexity index is 681. The van der Waals surface area contributed by atoms with Crippen molar-refractivity contribution in [1.82, 2.24) is 15.0 Å². The zero-order valence-electron chi connectivity index (χ0n) is 10.7. The number of hydrogen-bond acceptors (Lipinski definition) is 5. The predicted octanol–water partition coefficient (Wildman–Crippen LogP) is 2.63. The van der Waals surface area contributed by atoms with Gasteiger partial charge in [0.15, 0.2) is 0 Å². The lowest BCUT2D eigenvalue weighted by Gasteiger charge is -2.09. The van der Waals surface area contributed by atoms with E-state index in [4.69, 9.17) is 0 Å². The number of carbonyl (C=O) groups is 1. The minimum atomic E-state index is -4.48. The summed E-state index contributed by atoms with van der Waals surface area (Å²) in [5, 5.41) is 7.20. The Morgan fingerprint density at radius 3 is 2.71 bits per heavy atom. The summed E-state index contributed by atoms with van der Waals surface area (Å²) in [6, 6.07) is 4.94. The van der Waals surface area contributed by atoms with Crippen molar-refractivity contribution in [3.63, 3.8) is 0 Å². The number of hydrogen-bond donors (Lipinski definition) is 1. The molecule has 5 nitrogen and oxygen atoms in total. The van der Waals surface area contributed by atoms with E-state index in [1.165, 1.54) is 18.2 Å². The highest BCUT2D eigenvalue weighted by Crippen LogP contribution is 2.30. The van der Waals surface area contributed by atoms with Crippen LogP contribution < -0.4 is 5.43 Å². The predicted molar refractivity (Wildman–Crippen MR) is 71.2 cm³/mol. The number of aryl methyl sites for hydroxylation is 1. The average Bonchev–Trinajstić information content (AvgIpc) is 2.84. The van der Waals surface area contributed by atoms with Crippen molar-refractivity contribution in [1.29, 1.82) is 0 Å². The van der Waals surface area contributed by atoms with E-state index >= 15 is 0 Å². The summed E-state index contributed by atoms with van der Waals surface area (Å²) < 4.78 is 41.8. The molecule has 0 spiro atoms. The first-order chi connectivity index (χ1) is 9.89. The Kier molecular flexibility index (Phi) is 4.32. The molecule has 0 atom stereocenters. The zero-order chi connectivity index (χ0) is 15.5. The highest BCUT2D eigenvalue weighted by molar-refractivity contribution is 7.07. The fourth-order valence-corrected chi connectivity index (χ4v) is 2.07. The van der Waals surface area contributed by atoms with Crippen molar-refractivity contribution in [3.05, 3.63) is 46.0 Å². The largest absolute Gasteiger partial charge is 0.417 e. The van der Waals surface area contributed by atoms with E-state index in [2.05, 4.69) is 20.1 Å². The first-order valence-electron chi connectivity index (χ1n) is 5.68. The number of aromatic nitrogens is 2. The Labute approximate surface area is 121 Å². The van der Waals surface area contributed by atoms with Crippen molar-refractivity contribution in [3.8, 4) is 0 Å². The van der Waals surface area contributed by atoms with Gasteiger partial charge in [0.2, 0.25) is 0 Å². The molecule has 21 heavy (non-hydrogen) atoms. The van der Waals surface area contributed by atoms with Crippen LogP contribution in [0.3, 0.4) is 0 Å². The molecular weight excluding hydrogens is 305 g/mol. The number of hydrazone groups is 1. The SMILES string of the molecule is Cc1nnsc1C(=O)N/N=C\c1ccccc1C(F)(F)F. The smallest absolute Gasteiger partial charge is 0.266 e. The van der Waals surface area contributed by atoms with E-state index in [1.54, 1.807) is 6.92 Å². The van der Waals surface area contributed by atoms with E-state index in [0.29, 0.717) is 5.69 Å². The molecule has 1 N–H and O–H groups in total. The molecule has 0 saturated carbocycles. The molecule has 1 aromatic heterocycles. The van der Waals surface area contributed by atoms with Crippen molar-refractivity contribution in [2.75, 3.05) is 0 Å². The summed E-state index contributed by atoms with van der Waals surface area (Å²) in [7, 11) is 0. The number of rotatable bonds is 3. The second-order valence-electron chi connectivity index (χ2n) is 3.97. The van der Waals surface area contributed by atoms with Gasteiger partial charge >= 0.3 is 6.18 Å². The molecule has 1 heterocycles. The van der Waals surface area contributed by atoms with Gasteiger partial charge in [-0.1, -0.05) is 22.7 Å². The van der Waals surface area contributed by atoms with E-state index in [-0.39, 0.29) is 10.4 Å². The van der Waals surface area contributed by atoms with Crippen LogP contribution in [0.1, 0.15) is 26.5 Å². The number of nitrogens with zero attached hydrogens (tertiary/aromatic N) is 3. The molecule has 2 rings (SSSR count). The Morgan fingerprint density at radius 2 is 2.10 bits per heavy atom. The second kappa shape index (κ2) is 6.00. The van der Waals surface area contributed by atoms with Gasteiger partial charge in [-0.15, -0.1) is 5.10 Å². The maximum absolute atomic E-state index is 12.7. The van der Waals surface area contributed by atoms with Crippen LogP contribution >= 0.6 is 11.5 Å². The zero-order valence-corrected chi connectivity index (χ0v) is 11.5. The second-order valence-corrected chi connectivity index (χ2v) is 4.73. The van der Waals surface area contributed by atoms with E-state index in [9.17, 15) is 18.0 Å². The molecule has 9 heteroatoms. The van der Waals surface area contributed by atoms with Crippen LogP contribution in [0, 0.1) is 6.92 Å². The Morgan fingerprint density at radius 1 is 1.38 bits per heavy atom. The molecule has 2 aromatic rings. The number of amides is 1. The maximum atomic E-state index is 12.7. The maximum Gasteiger partial charge on any atom is 0.417 e. The van der Waals surface area contributed by atoms with Gasteiger partial charge in [-0.25, -0.2) is 5.43 Å². The summed E-state index contributed by atoms with van der Waals surface area (Å²) in [5.74, 6) is -0.566. The van der Waals surface area contributed by atoms with Crippen molar-refractivity contribution in [2.24, 2.45) is 5.10 Å². The number of halogens is 3. The van der Waals surface area contributed by atoms with Crippen LogP contribution in [0.15, 0.2) is 29.4 Å². The molecule has 1 aromatic carbocycles. The van der Waals surface area contributed by atoms with Crippen LogP contribution in [-0.2, 0) is 6.18 Å². The monoisotopic (exact) mass is 314 g/mol. The highest BCUT2D eigenvalue weighted by atomic mass is 32.1. The van der Waals surface area contributed by atoms with Crippen molar-refractivity contribution >= 4 is 23.7 Å². The summed E-state index contributed by atoms with van der Waals surface area (Å²) in [6.07, 6.45) is -3.53. The first-order valence-corrected chi connectivity index (χ1v) is 6.45. The summed E-state index contributed by atoms with van der Waals surface area (Å²) in [5.41, 5.74) is 1.62. The van der Waals surface area contributed by atoms with Crippen molar-refractivity contribution in [2.45, 2.75) is 13.1 Å². The van der Waals surface area contributed by atoms with E-state index in [1.807, 2.05) is 0 Å². The lowest BCUT2D eigenvalue weighted by molar-refractivity contribution is -0.137. The number of benzene rings is 1. The third-order valence-electron chi connectivity index (χ3n) is 2.49. The summed E-state index contributed by atoms with van der Waals surface area (Å²) >= 11 is 0.884. The van der Waals surface area contributed by atoms with Gasteiger partial charge in [0.05, 0.1) is 17.5 Å². The molecule has 0 saturated heterocycles. The Hall–Kier alpha value is -2.29. The van der Waals surface area contributed by atoms with E-state index < -0.39 is 17.6 Å². The number of alkyl halides is 3. The molecule has 0 aliphatic carbocycles. The van der Waals surface area contributed by atoms with Crippen LogP contribution in [0.25, 0.3) is 0 Å². The molecular formula is C12H9F3N4OS. The van der Waals surface area contributed by atoms with Gasteiger partial charge in [0, 0.05) is 5.56 Å². The fraction of sp³-hybridized carbons (Fsp3) is 0.167. The number of carbonyl (C=O) groups excluding carboxylic acids is 1. The molecule has 0 aliphatic heterocycles. The van der Waals surface area contributed by atoms with Gasteiger partial charge in [0.1, 0.15) is 4.88 Å². The van der Waals surface area contributed by atoms with E-state index in [0.717, 1.165) is 23.8 Å². The van der Waals surface area contributed by atoms with Gasteiger partial charge in [-0.2, -0.15) is 18.3 Å². The lowest BCUT2D eigenvalue weighted by Crippen LogP contribution is -2.18. The summed E-state index contributed by atoms with van der Waals surface area (Å²) in [6.45, 7) is 1.60. The third-order valence-corrected chi connectivity index (χ3v) is 3.32. The van der Waals surface area contributed by atoms with Crippen LogP contribution in [0.4, 0.5) is 13.2 Å². The molecule has 0 unspecified atom stereocenters. The van der Waals surface area contributed by atoms with Crippen LogP contribution in [0.5, 0.6) is 0 Å². The van der Waals surface area contributed by atoms with Crippen LogP contribution in [0.2, 0.25) is 0 Å². The normalized spacial score (nSPS) is 11.8. The fourth-order valence-electron chi connectivity index (χ4n) is 1.52. The summed E-state index contributed by atoms with van der Waals surface area (Å²) in [4.78, 5) is 11.9. The number of nitrogens with one attached hydrogen (secondary N) is 1. The minimum absolute atomic E-state index is 0.135. The standard InChI is InChI=1S/C12H9F3N4OS/c1-7-10(21-19-17-7)11(20)18-16-6-8-4-2-3-5-9(8)12(13,14)15/h2-6H,1H3,(H,18,20)/b16-6-. The van der Waals surface area contributed by atoms with Gasteiger partial charge in [0.25, 0.3) is 5.91 Å². The topological polar surface area (TPSA) is 67.2 Å². The first kappa shape index (κ1) is 15.1.